The highest BCUT2D eigenvalue weighted by atomic mass is 16.3. The molecule has 0 aliphatic carbocycles. The second-order valence-electron chi connectivity index (χ2n) is 16.1. The number of fused-ring (bicyclic) bond motifs is 1. The van der Waals surface area contributed by atoms with Crippen molar-refractivity contribution in [1.82, 2.24) is 9.55 Å². The number of anilines is 1. The van der Waals surface area contributed by atoms with Crippen LogP contribution in [0.1, 0.15) is 162 Å². The number of nitrogens with one attached hydrogen (secondary N) is 1. The molecule has 0 bridgehead atoms. The van der Waals surface area contributed by atoms with Crippen LogP contribution in [0.3, 0.4) is 0 Å². The van der Waals surface area contributed by atoms with Crippen molar-refractivity contribution in [2.24, 2.45) is 0 Å². The molecule has 6 rings (SSSR count). The zero-order valence-corrected chi connectivity index (χ0v) is 33.3. The summed E-state index contributed by atoms with van der Waals surface area (Å²) in [6.45, 7) is 26.1. The Labute approximate surface area is 312 Å². The van der Waals surface area contributed by atoms with E-state index in [4.69, 9.17) is 9.40 Å². The van der Waals surface area contributed by atoms with Crippen molar-refractivity contribution >= 4 is 16.7 Å². The summed E-state index contributed by atoms with van der Waals surface area (Å²) in [5.41, 5.74) is 13.6. The maximum Gasteiger partial charge on any atom is 0.137 e. The van der Waals surface area contributed by atoms with Gasteiger partial charge >= 0.3 is 0 Å². The summed E-state index contributed by atoms with van der Waals surface area (Å²) in [6.07, 6.45) is 3.06. The molecule has 1 N–H and O–H groups in total. The Morgan fingerprint density at radius 1 is 0.654 bits per heavy atom. The van der Waals surface area contributed by atoms with Gasteiger partial charge in [-0.1, -0.05) is 155 Å². The number of aromatic nitrogens is 2. The van der Waals surface area contributed by atoms with Gasteiger partial charge in [-0.25, -0.2) is 4.98 Å². The lowest BCUT2D eigenvalue weighted by Crippen LogP contribution is -2.24. The molecule has 0 fully saturated rings. The minimum atomic E-state index is -0.214. The van der Waals surface area contributed by atoms with Crippen LogP contribution >= 0.6 is 0 Å². The number of para-hydroxylation sites is 2. The van der Waals surface area contributed by atoms with Gasteiger partial charge in [0.25, 0.3) is 0 Å². The lowest BCUT2D eigenvalue weighted by Gasteiger charge is -2.32. The van der Waals surface area contributed by atoms with Crippen molar-refractivity contribution < 1.29 is 4.42 Å². The lowest BCUT2D eigenvalue weighted by atomic mass is 9.81. The van der Waals surface area contributed by atoms with Crippen molar-refractivity contribution in [2.75, 3.05) is 5.32 Å². The van der Waals surface area contributed by atoms with Gasteiger partial charge in [-0.3, -0.25) is 0 Å². The smallest absolute Gasteiger partial charge is 0.137 e. The van der Waals surface area contributed by atoms with Crippen molar-refractivity contribution in [3.05, 3.63) is 142 Å². The number of nitrogens with zero attached hydrogens (tertiary/aromatic N) is 2. The Hall–Kier alpha value is -4.57. The fourth-order valence-electron chi connectivity index (χ4n) is 7.79. The van der Waals surface area contributed by atoms with E-state index in [0.717, 1.165) is 40.2 Å². The third-order valence-corrected chi connectivity index (χ3v) is 10.6. The minimum Gasteiger partial charge on any atom is -0.460 e. The number of hydrogen-bond acceptors (Lipinski definition) is 3. The zero-order chi connectivity index (χ0) is 37.3. The van der Waals surface area contributed by atoms with Crippen LogP contribution in [0, 0.1) is 0 Å². The van der Waals surface area contributed by atoms with Gasteiger partial charge in [0.05, 0.1) is 11.3 Å². The van der Waals surface area contributed by atoms with Gasteiger partial charge in [0.2, 0.25) is 0 Å². The highest BCUT2D eigenvalue weighted by Crippen LogP contribution is 2.44. The summed E-state index contributed by atoms with van der Waals surface area (Å²) in [5.74, 6) is 3.76. The third kappa shape index (κ3) is 7.35. The highest BCUT2D eigenvalue weighted by molar-refractivity contribution is 5.94. The first-order valence-corrected chi connectivity index (χ1v) is 19.6. The first-order chi connectivity index (χ1) is 24.9. The Bertz CT molecular complexity index is 2070. The van der Waals surface area contributed by atoms with Crippen LogP contribution < -0.4 is 5.32 Å². The Balaban J connectivity index is 1.72. The first kappa shape index (κ1) is 37.2. The highest BCUT2D eigenvalue weighted by Gasteiger charge is 2.32. The number of benzene rings is 4. The second kappa shape index (κ2) is 15.6. The van der Waals surface area contributed by atoms with Gasteiger partial charge in [-0.15, -0.1) is 0 Å². The van der Waals surface area contributed by atoms with Crippen LogP contribution in [0.2, 0.25) is 0 Å². The van der Waals surface area contributed by atoms with E-state index >= 15 is 0 Å². The maximum atomic E-state index is 6.47. The maximum absolute atomic E-state index is 6.47. The van der Waals surface area contributed by atoms with Crippen LogP contribution in [0.15, 0.2) is 95.5 Å². The molecule has 4 nitrogen and oxygen atoms in total. The summed E-state index contributed by atoms with van der Waals surface area (Å²) in [4.78, 5) is 5.73. The predicted molar refractivity (Wildman–Crippen MR) is 221 cm³/mol. The summed E-state index contributed by atoms with van der Waals surface area (Å²) in [6, 6.07) is 30.8. The summed E-state index contributed by atoms with van der Waals surface area (Å²) in [7, 11) is 0. The van der Waals surface area contributed by atoms with E-state index in [2.05, 4.69) is 177 Å². The molecule has 0 aliphatic rings. The molecule has 0 radical (unpaired) electrons. The number of hydrogen-bond donors (Lipinski definition) is 1. The standard InChI is InChI=1S/C48H59N3O/c1-12-42-45(38-21-16-17-24-43(38)52-42)41-28-51(27-34-19-14-13-15-20-34)48(49-41)47(50-46-36(30(4)5)22-18-23-37(46)31(6)7)44-39(32(8)9)25-35(29(2)3)26-40(44)33(10)11/h13-26,28-33,47,50H,12,27H2,1-11H3. The summed E-state index contributed by atoms with van der Waals surface area (Å²) in [5, 5.41) is 5.40. The fraction of sp³-hybridized carbons (Fsp3) is 0.396. The summed E-state index contributed by atoms with van der Waals surface area (Å²) >= 11 is 0. The number of aryl methyl sites for hydroxylation is 1. The monoisotopic (exact) mass is 693 g/mol. The first-order valence-electron chi connectivity index (χ1n) is 19.6. The molecule has 4 aromatic carbocycles. The van der Waals surface area contributed by atoms with Crippen LogP contribution in [0.4, 0.5) is 5.69 Å². The molecular formula is C48H59N3O. The average Bonchev–Trinajstić information content (AvgIpc) is 3.70. The van der Waals surface area contributed by atoms with Gasteiger partial charge < -0.3 is 14.3 Å². The molecule has 1 atom stereocenters. The quantitative estimate of drug-likeness (QED) is 0.131. The van der Waals surface area contributed by atoms with Crippen LogP contribution in [-0.2, 0) is 13.0 Å². The van der Waals surface area contributed by atoms with Gasteiger partial charge in [-0.05, 0) is 74.6 Å². The van der Waals surface area contributed by atoms with E-state index < -0.39 is 0 Å². The molecule has 272 valence electrons. The zero-order valence-electron chi connectivity index (χ0n) is 33.3. The number of imidazole rings is 1. The molecule has 0 saturated carbocycles. The van der Waals surface area contributed by atoms with Crippen LogP contribution in [0.25, 0.3) is 22.2 Å². The van der Waals surface area contributed by atoms with E-state index in [9.17, 15) is 0 Å². The molecule has 52 heavy (non-hydrogen) atoms. The second-order valence-corrected chi connectivity index (χ2v) is 16.1. The topological polar surface area (TPSA) is 43.0 Å². The van der Waals surface area contributed by atoms with E-state index in [1.54, 1.807) is 0 Å². The number of furan rings is 1. The molecule has 2 heterocycles. The molecular weight excluding hydrogens is 635 g/mol. The molecule has 6 aromatic rings. The summed E-state index contributed by atoms with van der Waals surface area (Å²) < 4.78 is 8.87. The lowest BCUT2D eigenvalue weighted by molar-refractivity contribution is 0.558. The third-order valence-electron chi connectivity index (χ3n) is 10.6. The molecule has 0 aliphatic heterocycles. The Kier molecular flexibility index (Phi) is 11.1. The van der Waals surface area contributed by atoms with E-state index in [1.807, 2.05) is 0 Å². The van der Waals surface area contributed by atoms with Crippen molar-refractivity contribution in [2.45, 2.75) is 125 Å². The molecule has 0 saturated heterocycles. The van der Waals surface area contributed by atoms with E-state index in [1.165, 1.54) is 44.6 Å². The van der Waals surface area contributed by atoms with Gasteiger partial charge in [0.15, 0.2) is 0 Å². The normalized spacial score (nSPS) is 12.7. The molecule has 2 aromatic heterocycles. The number of rotatable bonds is 13. The van der Waals surface area contributed by atoms with Crippen molar-refractivity contribution in [3.8, 4) is 11.3 Å². The van der Waals surface area contributed by atoms with E-state index in [0.29, 0.717) is 36.1 Å². The Morgan fingerprint density at radius 2 is 1.23 bits per heavy atom. The van der Waals surface area contributed by atoms with Crippen LogP contribution in [-0.4, -0.2) is 9.55 Å². The SMILES string of the molecule is CCc1oc2ccccc2c1-c1cn(Cc2ccccc2)c(C(Nc2c(C(C)C)cccc2C(C)C)c2c(C(C)C)cc(C(C)C)cc2C(C)C)n1. The van der Waals surface area contributed by atoms with Crippen molar-refractivity contribution in [3.63, 3.8) is 0 Å². The fourth-order valence-corrected chi connectivity index (χ4v) is 7.79. The molecule has 0 amide bonds. The average molecular weight is 694 g/mol. The molecule has 0 spiro atoms. The van der Waals surface area contributed by atoms with Crippen molar-refractivity contribution in [1.29, 1.82) is 0 Å². The van der Waals surface area contributed by atoms with Gasteiger partial charge in [0, 0.05) is 30.2 Å². The predicted octanol–water partition coefficient (Wildman–Crippen LogP) is 13.7. The Morgan fingerprint density at radius 3 is 1.79 bits per heavy atom. The molecule has 4 heteroatoms. The van der Waals surface area contributed by atoms with E-state index in [-0.39, 0.29) is 6.04 Å². The van der Waals surface area contributed by atoms with Crippen LogP contribution in [0.5, 0.6) is 0 Å². The van der Waals surface area contributed by atoms with Gasteiger partial charge in [-0.2, -0.15) is 0 Å². The molecule has 1 unspecified atom stereocenters. The largest absolute Gasteiger partial charge is 0.460 e. The minimum absolute atomic E-state index is 0.214. The van der Waals surface area contributed by atoms with Gasteiger partial charge in [0.1, 0.15) is 23.2 Å².